The Morgan fingerprint density at radius 1 is 0.912 bits per heavy atom. The lowest BCUT2D eigenvalue weighted by molar-refractivity contribution is 0.0300. The molecule has 0 saturated carbocycles. The number of ether oxygens (including phenoxy) is 1. The number of aromatic nitrogens is 1. The van der Waals surface area contributed by atoms with Crippen LogP contribution in [-0.2, 0) is 4.74 Å². The van der Waals surface area contributed by atoms with Crippen LogP contribution in [0.5, 0.6) is 0 Å². The summed E-state index contributed by atoms with van der Waals surface area (Å²) in [5.74, 6) is -0.559. The summed E-state index contributed by atoms with van der Waals surface area (Å²) in [7, 11) is 0. The number of para-hydroxylation sites is 1. The van der Waals surface area contributed by atoms with Crippen molar-refractivity contribution in [3.63, 3.8) is 0 Å². The molecule has 1 aromatic heterocycles. The van der Waals surface area contributed by atoms with Gasteiger partial charge in [-0.15, -0.1) is 0 Å². The van der Waals surface area contributed by atoms with E-state index in [1.807, 2.05) is 42.5 Å². The lowest BCUT2D eigenvalue weighted by atomic mass is 10.0. The smallest absolute Gasteiger partial charge is 0.323 e. The van der Waals surface area contributed by atoms with Gasteiger partial charge in [0.1, 0.15) is 11.5 Å². The van der Waals surface area contributed by atoms with Gasteiger partial charge in [0.2, 0.25) is 0 Å². The summed E-state index contributed by atoms with van der Waals surface area (Å²) < 4.78 is 18.9. The topological polar surface area (TPSA) is 86.5 Å². The quantitative estimate of drug-likeness (QED) is 0.398. The van der Waals surface area contributed by atoms with Crippen LogP contribution in [0.15, 0.2) is 72.8 Å². The Kier molecular flexibility index (Phi) is 5.97. The first-order chi connectivity index (χ1) is 16.6. The number of halogens is 1. The van der Waals surface area contributed by atoms with Crippen molar-refractivity contribution in [2.75, 3.05) is 36.9 Å². The molecule has 0 spiro atoms. The highest BCUT2D eigenvalue weighted by Gasteiger charge is 2.26. The lowest BCUT2D eigenvalue weighted by Crippen LogP contribution is -2.41. The molecule has 3 amide bonds. The molecule has 3 N–H and O–H groups in total. The summed E-state index contributed by atoms with van der Waals surface area (Å²) in [5.41, 5.74) is 3.61. The Balaban J connectivity index is 1.54. The minimum absolute atomic E-state index is 0.117. The van der Waals surface area contributed by atoms with Gasteiger partial charge in [0.15, 0.2) is 0 Å². The maximum Gasteiger partial charge on any atom is 0.323 e. The molecule has 0 aliphatic carbocycles. The molecule has 0 radical (unpaired) electrons. The number of hydrogen-bond acceptors (Lipinski definition) is 3. The average Bonchev–Trinajstić information content (AvgIpc) is 3.25. The number of anilines is 2. The lowest BCUT2D eigenvalue weighted by Gasteiger charge is -2.26. The molecular weight excluding hydrogens is 435 g/mol. The molecule has 3 aromatic carbocycles. The number of aromatic amines is 1. The zero-order chi connectivity index (χ0) is 23.5. The summed E-state index contributed by atoms with van der Waals surface area (Å²) in [6, 6.07) is 20.3. The highest BCUT2D eigenvalue weighted by molar-refractivity contribution is 6.14. The minimum Gasteiger partial charge on any atom is -0.378 e. The van der Waals surface area contributed by atoms with Crippen LogP contribution in [0, 0.1) is 5.82 Å². The number of carbonyl (C=O) groups is 2. The molecule has 1 fully saturated rings. The molecule has 7 nitrogen and oxygen atoms in total. The minimum atomic E-state index is -0.519. The monoisotopic (exact) mass is 458 g/mol. The molecule has 34 heavy (non-hydrogen) atoms. The molecular formula is C26H23FN4O3. The zero-order valence-electron chi connectivity index (χ0n) is 18.3. The number of benzene rings is 3. The Morgan fingerprint density at radius 2 is 1.68 bits per heavy atom. The van der Waals surface area contributed by atoms with E-state index in [-0.39, 0.29) is 5.91 Å². The number of nitrogens with zero attached hydrogens (tertiary/aromatic N) is 1. The number of H-pyrrole nitrogens is 1. The molecule has 8 heteroatoms. The normalized spacial score (nSPS) is 13.6. The average molecular weight is 458 g/mol. The van der Waals surface area contributed by atoms with Crippen molar-refractivity contribution >= 4 is 34.2 Å². The van der Waals surface area contributed by atoms with E-state index < -0.39 is 11.8 Å². The van der Waals surface area contributed by atoms with Crippen molar-refractivity contribution in [1.82, 2.24) is 9.88 Å². The van der Waals surface area contributed by atoms with Gasteiger partial charge >= 0.3 is 6.03 Å². The van der Waals surface area contributed by atoms with Gasteiger partial charge in [0.25, 0.3) is 5.91 Å². The van der Waals surface area contributed by atoms with E-state index in [2.05, 4.69) is 15.6 Å². The Bertz CT molecular complexity index is 1350. The van der Waals surface area contributed by atoms with E-state index in [1.165, 1.54) is 18.2 Å². The van der Waals surface area contributed by atoms with Crippen molar-refractivity contribution in [1.29, 1.82) is 0 Å². The van der Waals surface area contributed by atoms with Gasteiger partial charge in [-0.25, -0.2) is 9.18 Å². The van der Waals surface area contributed by atoms with E-state index in [9.17, 15) is 14.0 Å². The second-order valence-electron chi connectivity index (χ2n) is 7.96. The third kappa shape index (κ3) is 4.35. The predicted molar refractivity (Wildman–Crippen MR) is 129 cm³/mol. The summed E-state index contributed by atoms with van der Waals surface area (Å²) in [6.45, 7) is 2.03. The summed E-state index contributed by atoms with van der Waals surface area (Å²) in [4.78, 5) is 31.1. The molecule has 2 heterocycles. The van der Waals surface area contributed by atoms with Crippen molar-refractivity contribution < 1.29 is 18.7 Å². The Morgan fingerprint density at radius 3 is 2.44 bits per heavy atom. The van der Waals surface area contributed by atoms with E-state index in [0.29, 0.717) is 48.9 Å². The summed E-state index contributed by atoms with van der Waals surface area (Å²) >= 11 is 0. The van der Waals surface area contributed by atoms with Crippen LogP contribution in [0.4, 0.5) is 20.6 Å². The van der Waals surface area contributed by atoms with E-state index in [1.54, 1.807) is 17.0 Å². The fourth-order valence-corrected chi connectivity index (χ4v) is 4.16. The van der Waals surface area contributed by atoms with Gasteiger partial charge in [0, 0.05) is 29.7 Å². The fourth-order valence-electron chi connectivity index (χ4n) is 4.16. The second-order valence-corrected chi connectivity index (χ2v) is 7.96. The summed E-state index contributed by atoms with van der Waals surface area (Å²) in [5, 5.41) is 6.26. The molecule has 0 unspecified atom stereocenters. The van der Waals surface area contributed by atoms with Crippen LogP contribution in [0.2, 0.25) is 0 Å². The van der Waals surface area contributed by atoms with Crippen LogP contribution in [0.3, 0.4) is 0 Å². The molecule has 1 saturated heterocycles. The van der Waals surface area contributed by atoms with Gasteiger partial charge in [-0.05, 0) is 29.8 Å². The first kappa shape index (κ1) is 21.7. The predicted octanol–water partition coefficient (Wildman–Crippen LogP) is 5.09. The van der Waals surface area contributed by atoms with Crippen LogP contribution < -0.4 is 10.6 Å². The van der Waals surface area contributed by atoms with Gasteiger partial charge in [0.05, 0.1) is 24.4 Å². The number of nitrogens with one attached hydrogen (secondary N) is 3. The second kappa shape index (κ2) is 9.36. The zero-order valence-corrected chi connectivity index (χ0v) is 18.3. The number of urea groups is 1. The molecule has 1 aliphatic heterocycles. The Hall–Kier alpha value is -4.17. The van der Waals surface area contributed by atoms with Crippen molar-refractivity contribution in [2.45, 2.75) is 0 Å². The largest absolute Gasteiger partial charge is 0.378 e. The summed E-state index contributed by atoms with van der Waals surface area (Å²) in [6.07, 6.45) is 0. The first-order valence-electron chi connectivity index (χ1n) is 11.0. The fraction of sp³-hybridized carbons (Fsp3) is 0.154. The SMILES string of the molecule is O=C(Nc1cccc(F)c1)Nc1cccc2c(-c3ccccc3)c(C(=O)N3CCOCC3)[nH]c12. The van der Waals surface area contributed by atoms with Gasteiger partial charge < -0.3 is 25.3 Å². The number of hydrogen-bond donors (Lipinski definition) is 3. The molecule has 1 aliphatic rings. The maximum absolute atomic E-state index is 13.5. The van der Waals surface area contributed by atoms with E-state index >= 15 is 0 Å². The molecule has 0 bridgehead atoms. The molecule has 5 rings (SSSR count). The molecule has 0 atom stereocenters. The first-order valence-corrected chi connectivity index (χ1v) is 11.0. The highest BCUT2D eigenvalue weighted by Crippen LogP contribution is 2.36. The number of rotatable bonds is 4. The van der Waals surface area contributed by atoms with Crippen LogP contribution in [-0.4, -0.2) is 48.1 Å². The van der Waals surface area contributed by atoms with Crippen LogP contribution in [0.1, 0.15) is 10.5 Å². The van der Waals surface area contributed by atoms with Crippen molar-refractivity contribution in [3.05, 3.63) is 84.3 Å². The third-order valence-corrected chi connectivity index (χ3v) is 5.74. The number of fused-ring (bicyclic) bond motifs is 1. The maximum atomic E-state index is 13.5. The standard InChI is InChI=1S/C26H23FN4O3/c27-18-8-4-9-19(16-18)28-26(33)29-21-11-5-10-20-22(17-6-2-1-3-7-17)24(30-23(20)21)25(32)31-12-14-34-15-13-31/h1-11,16,30H,12-15H2,(H2,28,29,33). The van der Waals surface area contributed by atoms with E-state index in [4.69, 9.17) is 4.74 Å². The molecule has 172 valence electrons. The van der Waals surface area contributed by atoms with E-state index in [0.717, 1.165) is 16.5 Å². The Labute approximate surface area is 195 Å². The number of carbonyl (C=O) groups excluding carboxylic acids is 2. The van der Waals surface area contributed by atoms with Gasteiger partial charge in [-0.2, -0.15) is 0 Å². The number of morpholine rings is 1. The highest BCUT2D eigenvalue weighted by atomic mass is 19.1. The van der Waals surface area contributed by atoms with Crippen molar-refractivity contribution in [2.24, 2.45) is 0 Å². The number of amides is 3. The van der Waals surface area contributed by atoms with Gasteiger partial charge in [-0.3, -0.25) is 4.79 Å². The third-order valence-electron chi connectivity index (χ3n) is 5.74. The van der Waals surface area contributed by atoms with Crippen LogP contribution in [0.25, 0.3) is 22.0 Å². The molecule has 4 aromatic rings. The van der Waals surface area contributed by atoms with Crippen molar-refractivity contribution in [3.8, 4) is 11.1 Å². The van der Waals surface area contributed by atoms with Gasteiger partial charge in [-0.1, -0.05) is 48.5 Å². The van der Waals surface area contributed by atoms with Crippen LogP contribution >= 0.6 is 0 Å².